The molecular weight excluding hydrogens is 390 g/mol. The summed E-state index contributed by atoms with van der Waals surface area (Å²) in [6.45, 7) is 6.74. The number of hydrogen-bond acceptors (Lipinski definition) is 5. The summed E-state index contributed by atoms with van der Waals surface area (Å²) in [6, 6.07) is 6.21. The molecule has 0 saturated carbocycles. The van der Waals surface area contributed by atoms with E-state index in [0.29, 0.717) is 0 Å². The van der Waals surface area contributed by atoms with Crippen LogP contribution in [0.5, 0.6) is 0 Å². The van der Waals surface area contributed by atoms with Gasteiger partial charge in [-0.25, -0.2) is 9.59 Å². The molecule has 1 aromatic rings. The summed E-state index contributed by atoms with van der Waals surface area (Å²) >= 11 is 0. The van der Waals surface area contributed by atoms with E-state index in [1.807, 2.05) is 32.0 Å². The summed E-state index contributed by atoms with van der Waals surface area (Å²) in [5.41, 5.74) is 0.809. The fourth-order valence-corrected chi connectivity index (χ4v) is 2.66. The fraction of sp³-hybridized carbons (Fsp3) is 0.524. The first-order valence-corrected chi connectivity index (χ1v) is 9.80. The van der Waals surface area contributed by atoms with Crippen molar-refractivity contribution in [1.82, 2.24) is 15.5 Å². The predicted octanol–water partition coefficient (Wildman–Crippen LogP) is 1.76. The molecule has 0 aliphatic rings. The van der Waals surface area contributed by atoms with Crippen molar-refractivity contribution < 1.29 is 29.0 Å². The number of ether oxygens (including phenoxy) is 1. The topological polar surface area (TPSA) is 125 Å². The number of rotatable bonds is 10. The van der Waals surface area contributed by atoms with Crippen LogP contribution in [-0.4, -0.2) is 59.1 Å². The van der Waals surface area contributed by atoms with E-state index < -0.39 is 42.0 Å². The number of nitrogens with one attached hydrogen (secondary N) is 2. The predicted molar refractivity (Wildman–Crippen MR) is 110 cm³/mol. The molecule has 0 aromatic heterocycles. The summed E-state index contributed by atoms with van der Waals surface area (Å²) < 4.78 is 5.09. The van der Waals surface area contributed by atoms with E-state index >= 15 is 0 Å². The van der Waals surface area contributed by atoms with Crippen molar-refractivity contribution in [2.24, 2.45) is 5.92 Å². The molecule has 1 rings (SSSR count). The standard InChI is InChI=1S/C21H31N3O6/c1-13(2)11-17(20(27)28)23-18(25)15(4)24(5)19(26)14(3)22-21(29)30-12-16-9-7-6-8-10-16/h6-10,13-15,17H,11-12H2,1-5H3,(H,22,29)(H,23,25)(H,27,28)/t14-,15-,17-/m0/s1. The Morgan fingerprint density at radius 1 is 1.03 bits per heavy atom. The molecule has 3 atom stereocenters. The molecule has 0 radical (unpaired) electrons. The van der Waals surface area contributed by atoms with Gasteiger partial charge in [-0.1, -0.05) is 44.2 Å². The molecule has 0 heterocycles. The van der Waals surface area contributed by atoms with Gasteiger partial charge < -0.3 is 25.4 Å². The second-order valence-corrected chi connectivity index (χ2v) is 7.58. The van der Waals surface area contributed by atoms with E-state index in [0.717, 1.165) is 10.5 Å². The van der Waals surface area contributed by atoms with Crippen molar-refractivity contribution in [1.29, 1.82) is 0 Å². The van der Waals surface area contributed by atoms with Crippen LogP contribution in [0.1, 0.15) is 39.7 Å². The summed E-state index contributed by atoms with van der Waals surface area (Å²) in [6.07, 6.45) is -0.482. The van der Waals surface area contributed by atoms with Gasteiger partial charge in [-0.3, -0.25) is 9.59 Å². The summed E-state index contributed by atoms with van der Waals surface area (Å²) in [5, 5.41) is 14.2. The molecule has 0 aliphatic carbocycles. The van der Waals surface area contributed by atoms with Crippen molar-refractivity contribution in [2.75, 3.05) is 7.05 Å². The number of carbonyl (C=O) groups is 4. The number of benzene rings is 1. The highest BCUT2D eigenvalue weighted by atomic mass is 16.5. The minimum Gasteiger partial charge on any atom is -0.480 e. The molecule has 0 unspecified atom stereocenters. The maximum Gasteiger partial charge on any atom is 0.408 e. The molecule has 3 N–H and O–H groups in total. The highest BCUT2D eigenvalue weighted by Crippen LogP contribution is 2.07. The fourth-order valence-electron chi connectivity index (χ4n) is 2.66. The Hall–Kier alpha value is -3.10. The van der Waals surface area contributed by atoms with Gasteiger partial charge in [0.25, 0.3) is 0 Å². The van der Waals surface area contributed by atoms with Crippen LogP contribution < -0.4 is 10.6 Å². The molecule has 30 heavy (non-hydrogen) atoms. The lowest BCUT2D eigenvalue weighted by atomic mass is 10.0. The largest absolute Gasteiger partial charge is 0.480 e. The number of hydrogen-bond donors (Lipinski definition) is 3. The number of alkyl carbamates (subject to hydrolysis) is 1. The van der Waals surface area contributed by atoms with Crippen LogP contribution in [0.25, 0.3) is 0 Å². The van der Waals surface area contributed by atoms with E-state index in [2.05, 4.69) is 10.6 Å². The van der Waals surface area contributed by atoms with Crippen molar-refractivity contribution in [3.8, 4) is 0 Å². The van der Waals surface area contributed by atoms with E-state index in [-0.39, 0.29) is 18.9 Å². The molecule has 0 aliphatic heterocycles. The van der Waals surface area contributed by atoms with Crippen molar-refractivity contribution in [3.05, 3.63) is 35.9 Å². The van der Waals surface area contributed by atoms with Gasteiger partial charge in [-0.15, -0.1) is 0 Å². The maximum absolute atomic E-state index is 12.6. The first-order chi connectivity index (χ1) is 14.0. The lowest BCUT2D eigenvalue weighted by Crippen LogP contribution is -2.54. The molecular formula is C21H31N3O6. The number of nitrogens with zero attached hydrogens (tertiary/aromatic N) is 1. The molecule has 3 amide bonds. The van der Waals surface area contributed by atoms with Gasteiger partial charge in [0.15, 0.2) is 0 Å². The SMILES string of the molecule is CC(C)C[C@H](NC(=O)[C@H](C)N(C)C(=O)[C@H](C)NC(=O)OCc1ccccc1)C(=O)O. The Bertz CT molecular complexity index is 738. The van der Waals surface area contributed by atoms with Gasteiger partial charge in [0.1, 0.15) is 24.7 Å². The molecule has 1 aromatic carbocycles. The van der Waals surface area contributed by atoms with E-state index in [1.54, 1.807) is 12.1 Å². The Kier molecular flexibility index (Phi) is 9.80. The third-order valence-electron chi connectivity index (χ3n) is 4.55. The second-order valence-electron chi connectivity index (χ2n) is 7.58. The Morgan fingerprint density at radius 2 is 1.63 bits per heavy atom. The number of aliphatic carboxylic acids is 1. The normalized spacial score (nSPS) is 13.7. The minimum atomic E-state index is -1.13. The van der Waals surface area contributed by atoms with Crippen LogP contribution in [0.2, 0.25) is 0 Å². The van der Waals surface area contributed by atoms with Crippen molar-refractivity contribution >= 4 is 23.9 Å². The van der Waals surface area contributed by atoms with Crippen molar-refractivity contribution in [3.63, 3.8) is 0 Å². The summed E-state index contributed by atoms with van der Waals surface area (Å²) in [7, 11) is 1.41. The zero-order valence-electron chi connectivity index (χ0n) is 18.0. The molecule has 9 nitrogen and oxygen atoms in total. The van der Waals surface area contributed by atoms with Crippen LogP contribution in [0.3, 0.4) is 0 Å². The molecule has 0 saturated heterocycles. The van der Waals surface area contributed by atoms with Crippen LogP contribution in [0, 0.1) is 5.92 Å². The highest BCUT2D eigenvalue weighted by molar-refractivity contribution is 5.92. The van der Waals surface area contributed by atoms with Crippen molar-refractivity contribution in [2.45, 2.75) is 58.8 Å². The smallest absolute Gasteiger partial charge is 0.408 e. The average molecular weight is 421 g/mol. The number of likely N-dealkylation sites (N-methyl/N-ethyl adjacent to an activating group) is 1. The number of amides is 3. The first kappa shape index (κ1) is 24.9. The maximum atomic E-state index is 12.6. The van der Waals surface area contributed by atoms with E-state index in [4.69, 9.17) is 4.74 Å². The summed E-state index contributed by atoms with van der Waals surface area (Å²) in [5.74, 6) is -2.15. The quantitative estimate of drug-likeness (QED) is 0.529. The zero-order valence-corrected chi connectivity index (χ0v) is 18.0. The van der Waals surface area contributed by atoms with E-state index in [9.17, 15) is 24.3 Å². The molecule has 0 spiro atoms. The number of carbonyl (C=O) groups excluding carboxylic acids is 3. The zero-order chi connectivity index (χ0) is 22.8. The third kappa shape index (κ3) is 8.10. The van der Waals surface area contributed by atoms with Gasteiger partial charge in [0.2, 0.25) is 11.8 Å². The lowest BCUT2D eigenvalue weighted by molar-refractivity contribution is -0.144. The second kappa shape index (κ2) is 11.8. The third-order valence-corrected chi connectivity index (χ3v) is 4.55. The van der Waals surface area contributed by atoms with Crippen LogP contribution in [-0.2, 0) is 25.7 Å². The molecule has 166 valence electrons. The minimum absolute atomic E-state index is 0.0641. The lowest BCUT2D eigenvalue weighted by Gasteiger charge is -2.28. The van der Waals surface area contributed by atoms with Gasteiger partial charge in [0, 0.05) is 7.05 Å². The molecule has 9 heteroatoms. The van der Waals surface area contributed by atoms with Crippen LogP contribution in [0.15, 0.2) is 30.3 Å². The average Bonchev–Trinajstić information content (AvgIpc) is 2.70. The monoisotopic (exact) mass is 421 g/mol. The van der Waals surface area contributed by atoms with Gasteiger partial charge in [-0.2, -0.15) is 0 Å². The van der Waals surface area contributed by atoms with Gasteiger partial charge >= 0.3 is 12.1 Å². The highest BCUT2D eigenvalue weighted by Gasteiger charge is 2.30. The Labute approximate surface area is 176 Å². The summed E-state index contributed by atoms with van der Waals surface area (Å²) in [4.78, 5) is 49.4. The molecule has 0 fully saturated rings. The first-order valence-electron chi connectivity index (χ1n) is 9.80. The van der Waals surface area contributed by atoms with Gasteiger partial charge in [-0.05, 0) is 31.7 Å². The Balaban J connectivity index is 2.58. The van der Waals surface area contributed by atoms with Crippen LogP contribution >= 0.6 is 0 Å². The van der Waals surface area contributed by atoms with Crippen LogP contribution in [0.4, 0.5) is 4.79 Å². The number of carboxylic acid groups (broad SMARTS) is 1. The molecule has 0 bridgehead atoms. The van der Waals surface area contributed by atoms with E-state index in [1.165, 1.54) is 20.9 Å². The number of carboxylic acids is 1. The Morgan fingerprint density at radius 3 is 2.17 bits per heavy atom. The van der Waals surface area contributed by atoms with Gasteiger partial charge in [0.05, 0.1) is 0 Å².